The maximum atomic E-state index is 10.2. The molecule has 9 atom stereocenters. The number of aliphatic hydroxyl groups is 1. The fourth-order valence-electron chi connectivity index (χ4n) is 9.19. The van der Waals surface area contributed by atoms with Gasteiger partial charge in [-0.05, 0) is 111 Å². The zero-order chi connectivity index (χ0) is 17.2. The van der Waals surface area contributed by atoms with Gasteiger partial charge in [0.2, 0.25) is 0 Å². The highest BCUT2D eigenvalue weighted by atomic mass is 16.3. The quantitative estimate of drug-likeness (QED) is 0.649. The Labute approximate surface area is 153 Å². The van der Waals surface area contributed by atoms with Gasteiger partial charge in [-0.15, -0.1) is 0 Å². The molecular weight excluding hydrogens is 306 g/mol. The Balaban J connectivity index is 1.45. The van der Waals surface area contributed by atoms with Gasteiger partial charge >= 0.3 is 0 Å². The first kappa shape index (κ1) is 16.6. The molecule has 5 aliphatic rings. The summed E-state index contributed by atoms with van der Waals surface area (Å²) < 4.78 is 0. The Morgan fingerprint density at radius 2 is 1.72 bits per heavy atom. The van der Waals surface area contributed by atoms with E-state index in [1.807, 2.05) is 0 Å². The number of aliphatic hydroxyl groups excluding tert-OH is 1. The monoisotopic (exact) mass is 341 g/mol. The van der Waals surface area contributed by atoms with Gasteiger partial charge in [-0.2, -0.15) is 5.26 Å². The number of hydrogen-bond acceptors (Lipinski definition) is 2. The predicted octanol–water partition coefficient (Wildman–Crippen LogP) is 5.31. The third-order valence-corrected chi connectivity index (χ3v) is 10.2. The fourth-order valence-corrected chi connectivity index (χ4v) is 9.19. The standard InChI is InChI=1S/C23H35NO/c1-22-11-8-17(25)13-16(22)4-5-18-20(22)9-12-23-10-2-3-15(14-24)19(23)6-7-21(18)23/h15-21,25H,2-13H2,1H3/t15-,16-,17+,18+,19+,20-,21-,22-,23-/m0/s1. The second-order valence-electron chi connectivity index (χ2n) is 10.7. The lowest BCUT2D eigenvalue weighted by Crippen LogP contribution is -2.55. The Hall–Kier alpha value is -0.550. The molecule has 138 valence electrons. The summed E-state index contributed by atoms with van der Waals surface area (Å²) in [7, 11) is 0. The van der Waals surface area contributed by atoms with Crippen LogP contribution in [0.2, 0.25) is 0 Å². The third kappa shape index (κ3) is 2.17. The van der Waals surface area contributed by atoms with Crippen LogP contribution in [0, 0.1) is 57.7 Å². The second-order valence-corrected chi connectivity index (χ2v) is 10.7. The van der Waals surface area contributed by atoms with Gasteiger partial charge in [0, 0.05) is 5.92 Å². The molecule has 0 radical (unpaired) electrons. The molecule has 2 nitrogen and oxygen atoms in total. The number of nitrogens with zero attached hydrogens (tertiary/aromatic N) is 1. The smallest absolute Gasteiger partial charge is 0.0658 e. The van der Waals surface area contributed by atoms with Crippen molar-refractivity contribution in [2.45, 2.75) is 90.1 Å². The molecule has 0 aromatic carbocycles. The van der Waals surface area contributed by atoms with Crippen LogP contribution < -0.4 is 0 Å². The maximum Gasteiger partial charge on any atom is 0.0658 e. The number of rotatable bonds is 0. The third-order valence-electron chi connectivity index (χ3n) is 10.2. The summed E-state index contributed by atoms with van der Waals surface area (Å²) in [6.07, 6.45) is 15.5. The van der Waals surface area contributed by atoms with E-state index in [1.54, 1.807) is 0 Å². The topological polar surface area (TPSA) is 44.0 Å². The van der Waals surface area contributed by atoms with Gasteiger partial charge in [0.1, 0.15) is 0 Å². The van der Waals surface area contributed by atoms with Gasteiger partial charge in [-0.25, -0.2) is 0 Å². The van der Waals surface area contributed by atoms with Crippen LogP contribution in [0.15, 0.2) is 0 Å². The summed E-state index contributed by atoms with van der Waals surface area (Å²) in [5, 5.41) is 19.9. The van der Waals surface area contributed by atoms with E-state index in [1.165, 1.54) is 64.2 Å². The molecule has 0 amide bonds. The lowest BCUT2D eigenvalue weighted by atomic mass is 9.43. The van der Waals surface area contributed by atoms with Crippen molar-refractivity contribution in [2.75, 3.05) is 0 Å². The summed E-state index contributed by atoms with van der Waals surface area (Å²) in [5.41, 5.74) is 1.03. The van der Waals surface area contributed by atoms with Gasteiger partial charge in [-0.3, -0.25) is 0 Å². The van der Waals surface area contributed by atoms with Crippen LogP contribution in [-0.2, 0) is 0 Å². The van der Waals surface area contributed by atoms with Crippen molar-refractivity contribution < 1.29 is 5.11 Å². The highest BCUT2D eigenvalue weighted by molar-refractivity contribution is 5.14. The molecule has 5 aliphatic carbocycles. The Morgan fingerprint density at radius 3 is 2.56 bits per heavy atom. The van der Waals surface area contributed by atoms with Gasteiger partial charge in [-0.1, -0.05) is 13.3 Å². The zero-order valence-electron chi connectivity index (χ0n) is 15.9. The van der Waals surface area contributed by atoms with E-state index in [0.29, 0.717) is 16.7 Å². The number of fused-ring (bicyclic) bond motifs is 4. The van der Waals surface area contributed by atoms with Crippen molar-refractivity contribution in [2.24, 2.45) is 46.3 Å². The van der Waals surface area contributed by atoms with Crippen molar-refractivity contribution in [3.8, 4) is 6.07 Å². The van der Waals surface area contributed by atoms with Crippen LogP contribution in [0.3, 0.4) is 0 Å². The average molecular weight is 342 g/mol. The molecule has 5 fully saturated rings. The number of nitriles is 1. The van der Waals surface area contributed by atoms with Crippen molar-refractivity contribution >= 4 is 0 Å². The molecule has 0 unspecified atom stereocenters. The van der Waals surface area contributed by atoms with E-state index in [-0.39, 0.29) is 6.10 Å². The molecule has 25 heavy (non-hydrogen) atoms. The fraction of sp³-hybridized carbons (Fsp3) is 0.957. The van der Waals surface area contributed by atoms with Crippen molar-refractivity contribution in [3.63, 3.8) is 0 Å². The van der Waals surface area contributed by atoms with Crippen molar-refractivity contribution in [1.29, 1.82) is 5.26 Å². The summed E-state index contributed by atoms with van der Waals surface area (Å²) >= 11 is 0. The van der Waals surface area contributed by atoms with Crippen LogP contribution in [0.1, 0.15) is 84.0 Å². The first-order valence-corrected chi connectivity index (χ1v) is 11.2. The molecule has 0 heterocycles. The van der Waals surface area contributed by atoms with E-state index in [2.05, 4.69) is 13.0 Å². The van der Waals surface area contributed by atoms with E-state index < -0.39 is 0 Å². The zero-order valence-corrected chi connectivity index (χ0v) is 15.9. The molecule has 0 bridgehead atoms. The molecule has 5 saturated carbocycles. The highest BCUT2D eigenvalue weighted by Gasteiger charge is 2.63. The first-order valence-electron chi connectivity index (χ1n) is 11.2. The molecule has 0 saturated heterocycles. The molecule has 2 heteroatoms. The van der Waals surface area contributed by atoms with Gasteiger partial charge < -0.3 is 5.11 Å². The van der Waals surface area contributed by atoms with Gasteiger partial charge in [0.15, 0.2) is 0 Å². The van der Waals surface area contributed by atoms with E-state index in [4.69, 9.17) is 0 Å². The summed E-state index contributed by atoms with van der Waals surface area (Å²) in [6.45, 7) is 2.59. The minimum atomic E-state index is -0.0323. The molecule has 1 N–H and O–H groups in total. The van der Waals surface area contributed by atoms with Crippen molar-refractivity contribution in [3.05, 3.63) is 0 Å². The first-order chi connectivity index (χ1) is 12.1. The maximum absolute atomic E-state index is 10.2. The van der Waals surface area contributed by atoms with Crippen LogP contribution in [0.25, 0.3) is 0 Å². The molecule has 0 aliphatic heterocycles. The van der Waals surface area contributed by atoms with Crippen LogP contribution in [0.4, 0.5) is 0 Å². The van der Waals surface area contributed by atoms with E-state index >= 15 is 0 Å². The Kier molecular flexibility index (Phi) is 3.80. The SMILES string of the molecule is C[C@]12CC[C@@H](O)C[C@@H]1CC[C@@H]1[C@@H]2CC[C@@]23CCC[C@@H](C#N)[C@H]2CC[C@@H]13. The summed E-state index contributed by atoms with van der Waals surface area (Å²) in [6, 6.07) is 2.71. The molecular formula is C23H35NO. The summed E-state index contributed by atoms with van der Waals surface area (Å²) in [4.78, 5) is 0. The molecule has 0 aromatic rings. The number of hydrogen-bond donors (Lipinski definition) is 1. The predicted molar refractivity (Wildman–Crippen MR) is 98.5 cm³/mol. The lowest BCUT2D eigenvalue weighted by Gasteiger charge is -2.62. The Bertz CT molecular complexity index is 581. The lowest BCUT2D eigenvalue weighted by molar-refractivity contribution is -0.138. The van der Waals surface area contributed by atoms with Crippen molar-refractivity contribution in [1.82, 2.24) is 0 Å². The minimum Gasteiger partial charge on any atom is -0.393 e. The largest absolute Gasteiger partial charge is 0.393 e. The van der Waals surface area contributed by atoms with E-state index in [9.17, 15) is 10.4 Å². The van der Waals surface area contributed by atoms with Crippen LogP contribution in [-0.4, -0.2) is 11.2 Å². The van der Waals surface area contributed by atoms with Gasteiger partial charge in [0.25, 0.3) is 0 Å². The normalized spacial score (nSPS) is 57.6. The second kappa shape index (κ2) is 5.72. The summed E-state index contributed by atoms with van der Waals surface area (Å²) in [5.74, 6) is 4.57. The molecule has 1 spiro atoms. The minimum absolute atomic E-state index is 0.0323. The van der Waals surface area contributed by atoms with Crippen LogP contribution in [0.5, 0.6) is 0 Å². The Morgan fingerprint density at radius 1 is 0.880 bits per heavy atom. The van der Waals surface area contributed by atoms with E-state index in [0.717, 1.165) is 42.4 Å². The van der Waals surface area contributed by atoms with Gasteiger partial charge in [0.05, 0.1) is 12.2 Å². The highest BCUT2D eigenvalue weighted by Crippen LogP contribution is 2.70. The van der Waals surface area contributed by atoms with Crippen LogP contribution >= 0.6 is 0 Å². The molecule has 0 aromatic heterocycles. The molecule has 5 rings (SSSR count). The average Bonchev–Trinajstić information content (AvgIpc) is 3.02.